The highest BCUT2D eigenvalue weighted by Crippen LogP contribution is 2.60. The molecule has 2 aliphatic rings. The van der Waals surface area contributed by atoms with Gasteiger partial charge in [-0.1, -0.05) is 80.6 Å². The molecule has 0 aromatic heterocycles. The molecule has 5 aromatic carbocycles. The zero-order chi connectivity index (χ0) is 24.3. The molecule has 174 valence electrons. The van der Waals surface area contributed by atoms with Crippen LogP contribution in [0.15, 0.2) is 121 Å². The van der Waals surface area contributed by atoms with Crippen LogP contribution in [0.4, 0.5) is 34.1 Å². The summed E-state index contributed by atoms with van der Waals surface area (Å²) >= 11 is 0. The number of para-hydroxylation sites is 5. The van der Waals surface area contributed by atoms with Gasteiger partial charge < -0.3 is 14.5 Å². The fourth-order valence-corrected chi connectivity index (χ4v) is 5.68. The fourth-order valence-electron chi connectivity index (χ4n) is 5.68. The van der Waals surface area contributed by atoms with E-state index in [-0.39, 0.29) is 5.41 Å². The monoisotopic (exact) mass is 466 g/mol. The van der Waals surface area contributed by atoms with Crippen LogP contribution in [0.2, 0.25) is 0 Å². The normalized spacial score (nSPS) is 14.2. The van der Waals surface area contributed by atoms with Gasteiger partial charge in [0.05, 0.1) is 17.1 Å². The molecule has 36 heavy (non-hydrogen) atoms. The van der Waals surface area contributed by atoms with Gasteiger partial charge in [0.2, 0.25) is 0 Å². The average molecular weight is 467 g/mol. The van der Waals surface area contributed by atoms with Crippen molar-refractivity contribution in [1.82, 2.24) is 0 Å². The number of anilines is 6. The van der Waals surface area contributed by atoms with Gasteiger partial charge in [0, 0.05) is 22.5 Å². The second kappa shape index (κ2) is 7.76. The fraction of sp³-hybridized carbons (Fsp3) is 0.0909. The summed E-state index contributed by atoms with van der Waals surface area (Å²) in [6, 6.07) is 42.7. The van der Waals surface area contributed by atoms with Gasteiger partial charge in [-0.3, -0.25) is 0 Å². The van der Waals surface area contributed by atoms with Crippen LogP contribution in [0.25, 0.3) is 0 Å². The number of ether oxygens (including phenoxy) is 1. The molecule has 2 aliphatic heterocycles. The second-order valence-corrected chi connectivity index (χ2v) is 9.89. The van der Waals surface area contributed by atoms with E-state index >= 15 is 0 Å². The van der Waals surface area contributed by atoms with Gasteiger partial charge in [0.25, 0.3) is 0 Å². The molecule has 0 spiro atoms. The lowest BCUT2D eigenvalue weighted by atomic mass is 9.73. The first-order valence-electron chi connectivity index (χ1n) is 12.4. The molecule has 0 saturated heterocycles. The first-order valence-corrected chi connectivity index (χ1v) is 12.4. The number of fused-ring (bicyclic) bond motifs is 4. The maximum Gasteiger partial charge on any atom is 0.151 e. The third-order valence-corrected chi connectivity index (χ3v) is 7.40. The Hall–Kier alpha value is -4.50. The van der Waals surface area contributed by atoms with Crippen LogP contribution < -0.4 is 14.5 Å². The molecule has 0 amide bonds. The van der Waals surface area contributed by atoms with E-state index in [0.29, 0.717) is 0 Å². The van der Waals surface area contributed by atoms with Crippen LogP contribution in [0.3, 0.4) is 0 Å². The van der Waals surface area contributed by atoms with Crippen molar-refractivity contribution in [2.24, 2.45) is 0 Å². The third kappa shape index (κ3) is 2.99. The lowest BCUT2D eigenvalue weighted by Gasteiger charge is -2.45. The Labute approximate surface area is 211 Å². The van der Waals surface area contributed by atoms with Crippen LogP contribution in [0.5, 0.6) is 11.5 Å². The van der Waals surface area contributed by atoms with Crippen molar-refractivity contribution >= 4 is 34.1 Å². The first-order chi connectivity index (χ1) is 17.6. The average Bonchev–Trinajstić information content (AvgIpc) is 2.92. The molecule has 0 atom stereocenters. The van der Waals surface area contributed by atoms with Crippen molar-refractivity contribution in [3.05, 3.63) is 132 Å². The summed E-state index contributed by atoms with van der Waals surface area (Å²) < 4.78 is 6.40. The molecule has 3 heteroatoms. The van der Waals surface area contributed by atoms with Gasteiger partial charge in [-0.25, -0.2) is 0 Å². The van der Waals surface area contributed by atoms with E-state index in [9.17, 15) is 0 Å². The topological polar surface area (TPSA) is 15.7 Å². The Morgan fingerprint density at radius 3 is 1.92 bits per heavy atom. The van der Waals surface area contributed by atoms with Crippen LogP contribution in [-0.2, 0) is 5.41 Å². The van der Waals surface area contributed by atoms with Gasteiger partial charge in [0.15, 0.2) is 11.5 Å². The Bertz CT molecular complexity index is 1550. The van der Waals surface area contributed by atoms with Crippen molar-refractivity contribution in [3.8, 4) is 11.5 Å². The van der Waals surface area contributed by atoms with E-state index in [1.165, 1.54) is 16.8 Å². The van der Waals surface area contributed by atoms with Crippen LogP contribution in [0.1, 0.15) is 25.0 Å². The maximum atomic E-state index is 6.40. The molecular weight excluding hydrogens is 440 g/mol. The zero-order valence-electron chi connectivity index (χ0n) is 20.3. The quantitative estimate of drug-likeness (QED) is 0.258. The Morgan fingerprint density at radius 2 is 1.19 bits per heavy atom. The van der Waals surface area contributed by atoms with Crippen LogP contribution in [0, 0.1) is 0 Å². The van der Waals surface area contributed by atoms with E-state index in [4.69, 9.17) is 4.74 Å². The van der Waals surface area contributed by atoms with E-state index in [2.05, 4.69) is 139 Å². The standard InChI is InChI=1S/C33H26N2O/c1-33(2)26-21-20-25(34(23-12-5-3-6-13-23)24-14-7-4-8-15-24)22-29(26)35-28-17-9-10-18-30(28)36-31-19-11-16-27(33)32(31)35/h3-22H,1-2H3. The number of rotatable bonds is 3. The summed E-state index contributed by atoms with van der Waals surface area (Å²) in [5.41, 5.74) is 9.16. The minimum Gasteiger partial charge on any atom is -0.453 e. The molecule has 7 rings (SSSR count). The van der Waals surface area contributed by atoms with Crippen molar-refractivity contribution in [2.45, 2.75) is 19.3 Å². The van der Waals surface area contributed by atoms with Crippen LogP contribution in [-0.4, -0.2) is 0 Å². The van der Waals surface area contributed by atoms with Crippen LogP contribution >= 0.6 is 0 Å². The molecule has 0 saturated carbocycles. The number of hydrogen-bond acceptors (Lipinski definition) is 3. The summed E-state index contributed by atoms with van der Waals surface area (Å²) in [6.45, 7) is 4.62. The Balaban J connectivity index is 1.49. The number of nitrogens with zero attached hydrogens (tertiary/aromatic N) is 2. The van der Waals surface area contributed by atoms with E-state index in [1.54, 1.807) is 0 Å². The molecule has 0 N–H and O–H groups in total. The SMILES string of the molecule is CC1(C)c2ccc(N(c3ccccc3)c3ccccc3)cc2N2c3ccccc3Oc3cccc1c32. The van der Waals surface area contributed by atoms with Gasteiger partial charge in [-0.2, -0.15) is 0 Å². The summed E-state index contributed by atoms with van der Waals surface area (Å²) in [5, 5.41) is 0. The minimum absolute atomic E-state index is 0.171. The predicted molar refractivity (Wildman–Crippen MR) is 148 cm³/mol. The van der Waals surface area contributed by atoms with Gasteiger partial charge >= 0.3 is 0 Å². The highest BCUT2D eigenvalue weighted by Gasteiger charge is 2.41. The predicted octanol–water partition coefficient (Wildman–Crippen LogP) is 9.37. The van der Waals surface area contributed by atoms with Gasteiger partial charge in [-0.05, 0) is 65.7 Å². The van der Waals surface area contributed by atoms with Crippen molar-refractivity contribution in [3.63, 3.8) is 0 Å². The Kier molecular flexibility index (Phi) is 4.49. The van der Waals surface area contributed by atoms with E-state index < -0.39 is 0 Å². The molecule has 0 radical (unpaired) electrons. The minimum atomic E-state index is -0.171. The highest BCUT2D eigenvalue weighted by atomic mass is 16.5. The Morgan fingerprint density at radius 1 is 0.556 bits per heavy atom. The second-order valence-electron chi connectivity index (χ2n) is 9.89. The molecule has 0 bridgehead atoms. The summed E-state index contributed by atoms with van der Waals surface area (Å²) in [6.07, 6.45) is 0. The summed E-state index contributed by atoms with van der Waals surface area (Å²) in [7, 11) is 0. The lowest BCUT2D eigenvalue weighted by Crippen LogP contribution is -2.32. The smallest absolute Gasteiger partial charge is 0.151 e. The maximum absolute atomic E-state index is 6.40. The van der Waals surface area contributed by atoms with Gasteiger partial charge in [-0.15, -0.1) is 0 Å². The summed E-state index contributed by atoms with van der Waals surface area (Å²) in [4.78, 5) is 4.71. The first kappa shape index (κ1) is 20.8. The summed E-state index contributed by atoms with van der Waals surface area (Å²) in [5.74, 6) is 1.78. The van der Waals surface area contributed by atoms with Crippen molar-refractivity contribution in [2.75, 3.05) is 9.80 Å². The molecular formula is C33H26N2O. The highest BCUT2D eigenvalue weighted by molar-refractivity contribution is 5.94. The molecule has 2 heterocycles. The largest absolute Gasteiger partial charge is 0.453 e. The molecule has 0 fully saturated rings. The van der Waals surface area contributed by atoms with E-state index in [1.807, 2.05) is 6.07 Å². The van der Waals surface area contributed by atoms with Gasteiger partial charge in [0.1, 0.15) is 0 Å². The number of hydrogen-bond donors (Lipinski definition) is 0. The third-order valence-electron chi connectivity index (χ3n) is 7.40. The number of benzene rings is 5. The molecule has 3 nitrogen and oxygen atoms in total. The van der Waals surface area contributed by atoms with E-state index in [0.717, 1.165) is 39.9 Å². The molecule has 5 aromatic rings. The zero-order valence-corrected chi connectivity index (χ0v) is 20.3. The lowest BCUT2D eigenvalue weighted by molar-refractivity contribution is 0.471. The molecule has 0 unspecified atom stereocenters. The molecule has 0 aliphatic carbocycles. The van der Waals surface area contributed by atoms with Crippen molar-refractivity contribution < 1.29 is 4.74 Å². The van der Waals surface area contributed by atoms with Crippen molar-refractivity contribution in [1.29, 1.82) is 0 Å².